The molecule has 0 spiro atoms. The molecule has 0 aliphatic heterocycles. The molecule has 140 valence electrons. The standard InChI is InChI=1S/C19H24N2O4S/c1-14-10-11-16(19(22)25-4)12-18(14)26(23,24)20-13-15(2)21(3)17-8-6-5-7-9-17/h5-12,15,20H,13H2,1-4H3. The van der Waals surface area contributed by atoms with E-state index in [1.54, 1.807) is 19.1 Å². The molecule has 0 saturated carbocycles. The minimum atomic E-state index is -3.75. The molecule has 0 radical (unpaired) electrons. The van der Waals surface area contributed by atoms with Crippen molar-refractivity contribution in [2.24, 2.45) is 0 Å². The average Bonchev–Trinajstić information content (AvgIpc) is 2.65. The number of para-hydroxylation sites is 1. The molecule has 7 heteroatoms. The van der Waals surface area contributed by atoms with Crippen LogP contribution in [-0.4, -0.2) is 41.1 Å². The van der Waals surface area contributed by atoms with Gasteiger partial charge in [-0.2, -0.15) is 0 Å². The van der Waals surface area contributed by atoms with Crippen molar-refractivity contribution in [1.82, 2.24) is 4.72 Å². The van der Waals surface area contributed by atoms with Gasteiger partial charge in [0.2, 0.25) is 10.0 Å². The first-order valence-corrected chi connectivity index (χ1v) is 9.71. The number of sulfonamides is 1. The molecule has 0 fully saturated rings. The lowest BCUT2D eigenvalue weighted by Crippen LogP contribution is -2.40. The molecule has 0 bridgehead atoms. The van der Waals surface area contributed by atoms with Gasteiger partial charge < -0.3 is 9.64 Å². The highest BCUT2D eigenvalue weighted by molar-refractivity contribution is 7.89. The smallest absolute Gasteiger partial charge is 0.337 e. The van der Waals surface area contributed by atoms with Crippen LogP contribution in [-0.2, 0) is 14.8 Å². The monoisotopic (exact) mass is 376 g/mol. The second-order valence-electron chi connectivity index (χ2n) is 6.12. The maximum absolute atomic E-state index is 12.7. The average molecular weight is 376 g/mol. The van der Waals surface area contributed by atoms with E-state index in [9.17, 15) is 13.2 Å². The third kappa shape index (κ3) is 4.62. The van der Waals surface area contributed by atoms with E-state index < -0.39 is 16.0 Å². The van der Waals surface area contributed by atoms with E-state index in [2.05, 4.69) is 9.46 Å². The Morgan fingerprint density at radius 2 is 1.85 bits per heavy atom. The number of carbonyl (C=O) groups excluding carboxylic acids is 1. The number of nitrogens with zero attached hydrogens (tertiary/aromatic N) is 1. The van der Waals surface area contributed by atoms with Crippen LogP contribution in [0.3, 0.4) is 0 Å². The molecule has 0 saturated heterocycles. The molecular weight excluding hydrogens is 352 g/mol. The summed E-state index contributed by atoms with van der Waals surface area (Å²) in [4.78, 5) is 13.8. The number of likely N-dealkylation sites (N-methyl/N-ethyl adjacent to an activating group) is 1. The Kier molecular flexibility index (Phi) is 6.39. The van der Waals surface area contributed by atoms with Crippen molar-refractivity contribution in [2.45, 2.75) is 24.8 Å². The zero-order valence-electron chi connectivity index (χ0n) is 15.4. The van der Waals surface area contributed by atoms with Crippen molar-refractivity contribution in [3.8, 4) is 0 Å². The largest absolute Gasteiger partial charge is 0.465 e. The van der Waals surface area contributed by atoms with Gasteiger partial charge in [0.05, 0.1) is 17.6 Å². The minimum absolute atomic E-state index is 0.0590. The van der Waals surface area contributed by atoms with Gasteiger partial charge in [-0.25, -0.2) is 17.9 Å². The Morgan fingerprint density at radius 1 is 1.19 bits per heavy atom. The molecule has 0 heterocycles. The summed E-state index contributed by atoms with van der Waals surface area (Å²) < 4.78 is 32.7. The zero-order chi connectivity index (χ0) is 19.3. The number of anilines is 1. The van der Waals surface area contributed by atoms with Crippen LogP contribution in [0.2, 0.25) is 0 Å². The van der Waals surface area contributed by atoms with Crippen LogP contribution in [0.25, 0.3) is 0 Å². The van der Waals surface area contributed by atoms with Gasteiger partial charge in [-0.3, -0.25) is 0 Å². The number of methoxy groups -OCH3 is 1. The second kappa shape index (κ2) is 8.33. The molecule has 0 aliphatic rings. The van der Waals surface area contributed by atoms with Crippen molar-refractivity contribution in [3.63, 3.8) is 0 Å². The lowest BCUT2D eigenvalue weighted by atomic mass is 10.1. The summed E-state index contributed by atoms with van der Waals surface area (Å²) >= 11 is 0. The molecule has 2 aromatic carbocycles. The fourth-order valence-corrected chi connectivity index (χ4v) is 3.89. The number of benzene rings is 2. The van der Waals surface area contributed by atoms with E-state index in [1.807, 2.05) is 49.2 Å². The van der Waals surface area contributed by atoms with Gasteiger partial charge >= 0.3 is 5.97 Å². The predicted molar refractivity (Wildman–Crippen MR) is 102 cm³/mol. The quantitative estimate of drug-likeness (QED) is 0.752. The molecule has 0 aliphatic carbocycles. The SMILES string of the molecule is COC(=O)c1ccc(C)c(S(=O)(=O)NCC(C)N(C)c2ccccc2)c1. The fourth-order valence-electron chi connectivity index (χ4n) is 2.50. The number of rotatable bonds is 7. The lowest BCUT2D eigenvalue weighted by Gasteiger charge is -2.27. The summed E-state index contributed by atoms with van der Waals surface area (Å²) in [6.45, 7) is 3.86. The third-order valence-corrected chi connectivity index (χ3v) is 5.86. The molecule has 2 rings (SSSR count). The Balaban J connectivity index is 2.15. The Bertz CT molecular complexity index is 866. The predicted octanol–water partition coefficient (Wildman–Crippen LogP) is 2.58. The van der Waals surface area contributed by atoms with Crippen LogP contribution in [0, 0.1) is 6.92 Å². The topological polar surface area (TPSA) is 75.7 Å². The van der Waals surface area contributed by atoms with Crippen LogP contribution in [0.4, 0.5) is 5.69 Å². The van der Waals surface area contributed by atoms with E-state index >= 15 is 0 Å². The summed E-state index contributed by atoms with van der Waals surface area (Å²) in [7, 11) is -0.577. The van der Waals surface area contributed by atoms with Gasteiger partial charge in [-0.05, 0) is 43.7 Å². The first kappa shape index (κ1) is 19.9. The number of hydrogen-bond acceptors (Lipinski definition) is 5. The summed E-state index contributed by atoms with van der Waals surface area (Å²) in [5.41, 5.74) is 1.77. The molecular formula is C19H24N2O4S. The Labute approximate surface area is 154 Å². The minimum Gasteiger partial charge on any atom is -0.465 e. The van der Waals surface area contributed by atoms with E-state index in [1.165, 1.54) is 13.2 Å². The van der Waals surface area contributed by atoms with E-state index in [0.717, 1.165) is 5.69 Å². The van der Waals surface area contributed by atoms with Crippen LogP contribution < -0.4 is 9.62 Å². The molecule has 1 unspecified atom stereocenters. The van der Waals surface area contributed by atoms with E-state index in [-0.39, 0.29) is 23.0 Å². The van der Waals surface area contributed by atoms with Gasteiger partial charge in [0, 0.05) is 25.3 Å². The van der Waals surface area contributed by atoms with Gasteiger partial charge in [-0.15, -0.1) is 0 Å². The van der Waals surface area contributed by atoms with Crippen LogP contribution >= 0.6 is 0 Å². The van der Waals surface area contributed by atoms with Crippen LogP contribution in [0.1, 0.15) is 22.8 Å². The van der Waals surface area contributed by atoms with Crippen molar-refractivity contribution >= 4 is 21.7 Å². The molecule has 1 atom stereocenters. The maximum Gasteiger partial charge on any atom is 0.337 e. The molecule has 26 heavy (non-hydrogen) atoms. The zero-order valence-corrected chi connectivity index (χ0v) is 16.2. The van der Waals surface area contributed by atoms with E-state index in [4.69, 9.17) is 0 Å². The summed E-state index contributed by atoms with van der Waals surface area (Å²) in [5, 5.41) is 0. The Hall–Kier alpha value is -2.38. The number of aryl methyl sites for hydroxylation is 1. The number of ether oxygens (including phenoxy) is 1. The van der Waals surface area contributed by atoms with Gasteiger partial charge in [-0.1, -0.05) is 24.3 Å². The number of esters is 1. The van der Waals surface area contributed by atoms with Crippen molar-refractivity contribution < 1.29 is 17.9 Å². The number of carbonyl (C=O) groups is 1. The normalized spacial score (nSPS) is 12.5. The lowest BCUT2D eigenvalue weighted by molar-refractivity contribution is 0.0600. The maximum atomic E-state index is 12.7. The second-order valence-corrected chi connectivity index (χ2v) is 7.85. The third-order valence-electron chi connectivity index (χ3n) is 4.29. The van der Waals surface area contributed by atoms with Gasteiger partial charge in [0.25, 0.3) is 0 Å². The van der Waals surface area contributed by atoms with Crippen molar-refractivity contribution in [3.05, 3.63) is 59.7 Å². The highest BCUT2D eigenvalue weighted by Gasteiger charge is 2.21. The highest BCUT2D eigenvalue weighted by atomic mass is 32.2. The summed E-state index contributed by atoms with van der Waals surface area (Å²) in [6, 6.07) is 14.2. The van der Waals surface area contributed by atoms with Crippen molar-refractivity contribution in [2.75, 3.05) is 25.6 Å². The van der Waals surface area contributed by atoms with E-state index in [0.29, 0.717) is 5.56 Å². The summed E-state index contributed by atoms with van der Waals surface area (Å²) in [5.74, 6) is -0.571. The van der Waals surface area contributed by atoms with Crippen LogP contribution in [0.5, 0.6) is 0 Å². The van der Waals surface area contributed by atoms with Gasteiger partial charge in [0.15, 0.2) is 0 Å². The first-order valence-electron chi connectivity index (χ1n) is 8.22. The fraction of sp³-hybridized carbons (Fsp3) is 0.316. The molecule has 2 aromatic rings. The highest BCUT2D eigenvalue weighted by Crippen LogP contribution is 2.18. The Morgan fingerprint density at radius 3 is 2.46 bits per heavy atom. The number of hydrogen-bond donors (Lipinski definition) is 1. The van der Waals surface area contributed by atoms with Crippen molar-refractivity contribution in [1.29, 1.82) is 0 Å². The van der Waals surface area contributed by atoms with Gasteiger partial charge in [0.1, 0.15) is 0 Å². The molecule has 0 aromatic heterocycles. The first-order chi connectivity index (χ1) is 12.3. The molecule has 1 N–H and O–H groups in total. The number of nitrogens with one attached hydrogen (secondary N) is 1. The van der Waals surface area contributed by atoms with Crippen LogP contribution in [0.15, 0.2) is 53.4 Å². The molecule has 6 nitrogen and oxygen atoms in total. The summed E-state index contributed by atoms with van der Waals surface area (Å²) in [6.07, 6.45) is 0. The molecule has 0 amide bonds.